The van der Waals surface area contributed by atoms with Crippen LogP contribution < -0.4 is 9.62 Å². The number of amides is 2. The van der Waals surface area contributed by atoms with Crippen LogP contribution in [-0.2, 0) is 26.2 Å². The maximum Gasteiger partial charge on any atom is 0.244 e. The van der Waals surface area contributed by atoms with E-state index in [0.29, 0.717) is 23.0 Å². The van der Waals surface area contributed by atoms with Gasteiger partial charge in [-0.1, -0.05) is 61.7 Å². The molecule has 7 nitrogen and oxygen atoms in total. The lowest BCUT2D eigenvalue weighted by atomic mass is 10.1. The quantitative estimate of drug-likeness (QED) is 0.391. The molecule has 0 unspecified atom stereocenters. The first-order valence-electron chi connectivity index (χ1n) is 11.5. The molecule has 0 saturated carbocycles. The largest absolute Gasteiger partial charge is 0.354 e. The van der Waals surface area contributed by atoms with Gasteiger partial charge in [0.05, 0.1) is 11.9 Å². The van der Waals surface area contributed by atoms with Crippen LogP contribution in [0.15, 0.2) is 42.5 Å². The zero-order chi connectivity index (χ0) is 26.2. The normalized spacial score (nSPS) is 12.2. The van der Waals surface area contributed by atoms with Crippen LogP contribution in [0.5, 0.6) is 0 Å². The number of rotatable bonds is 12. The molecular formula is C25H33Cl2N3O4S. The standard InChI is InChI=1S/C25H33Cl2N3O4S/c1-5-7-14-28-25(32)23(6-2)29(16-19-9-11-20(26)12-10-19)24(31)17-30(35(4,33)34)21-13-8-18(3)22(27)15-21/h8-13,15,23H,5-7,14,16-17H2,1-4H3,(H,28,32)/t23-/m0/s1. The fraction of sp³-hybridized carbons (Fsp3) is 0.440. The summed E-state index contributed by atoms with van der Waals surface area (Å²) in [5.74, 6) is -0.771. The Labute approximate surface area is 218 Å². The number of sulfonamides is 1. The molecule has 10 heteroatoms. The maximum atomic E-state index is 13.6. The van der Waals surface area contributed by atoms with Crippen LogP contribution in [0.1, 0.15) is 44.2 Å². The fourth-order valence-corrected chi connectivity index (χ4v) is 4.71. The Morgan fingerprint density at radius 3 is 2.26 bits per heavy atom. The summed E-state index contributed by atoms with van der Waals surface area (Å²) in [6, 6.07) is 11.0. The van der Waals surface area contributed by atoms with Gasteiger partial charge in [0.25, 0.3) is 0 Å². The van der Waals surface area contributed by atoms with E-state index in [-0.39, 0.29) is 18.1 Å². The topological polar surface area (TPSA) is 86.8 Å². The first-order valence-corrected chi connectivity index (χ1v) is 14.1. The van der Waals surface area contributed by atoms with E-state index in [4.69, 9.17) is 23.2 Å². The molecule has 0 fully saturated rings. The summed E-state index contributed by atoms with van der Waals surface area (Å²) in [5, 5.41) is 3.83. The summed E-state index contributed by atoms with van der Waals surface area (Å²) in [5.41, 5.74) is 1.84. The molecule has 0 aliphatic rings. The van der Waals surface area contributed by atoms with E-state index in [1.165, 1.54) is 11.0 Å². The van der Waals surface area contributed by atoms with Crippen LogP contribution >= 0.6 is 23.2 Å². The van der Waals surface area contributed by atoms with Gasteiger partial charge in [0.15, 0.2) is 0 Å². The monoisotopic (exact) mass is 541 g/mol. The summed E-state index contributed by atoms with van der Waals surface area (Å²) in [6.45, 7) is 5.81. The Hall–Kier alpha value is -2.29. The molecule has 0 spiro atoms. The molecule has 0 aromatic heterocycles. The molecule has 2 amide bonds. The van der Waals surface area contributed by atoms with Crippen molar-refractivity contribution in [3.05, 3.63) is 63.6 Å². The van der Waals surface area contributed by atoms with Gasteiger partial charge >= 0.3 is 0 Å². The number of hydrogen-bond donors (Lipinski definition) is 1. The van der Waals surface area contributed by atoms with Crippen molar-refractivity contribution in [1.29, 1.82) is 0 Å². The lowest BCUT2D eigenvalue weighted by Crippen LogP contribution is -2.52. The highest BCUT2D eigenvalue weighted by Crippen LogP contribution is 2.25. The zero-order valence-corrected chi connectivity index (χ0v) is 22.9. The van der Waals surface area contributed by atoms with Crippen molar-refractivity contribution in [1.82, 2.24) is 10.2 Å². The van der Waals surface area contributed by atoms with Gasteiger partial charge in [0.2, 0.25) is 21.8 Å². The SMILES string of the molecule is CCCCNC(=O)[C@H](CC)N(Cc1ccc(Cl)cc1)C(=O)CN(c1ccc(C)c(Cl)c1)S(C)(=O)=O. The van der Waals surface area contributed by atoms with E-state index in [1.54, 1.807) is 43.3 Å². The molecule has 35 heavy (non-hydrogen) atoms. The van der Waals surface area contributed by atoms with Crippen LogP contribution in [0, 0.1) is 6.92 Å². The van der Waals surface area contributed by atoms with Crippen molar-refractivity contribution in [3.63, 3.8) is 0 Å². The van der Waals surface area contributed by atoms with Gasteiger partial charge < -0.3 is 10.2 Å². The van der Waals surface area contributed by atoms with E-state index in [2.05, 4.69) is 5.32 Å². The van der Waals surface area contributed by atoms with Gasteiger partial charge in [-0.15, -0.1) is 0 Å². The predicted octanol–water partition coefficient (Wildman–Crippen LogP) is 4.79. The molecule has 0 aliphatic heterocycles. The summed E-state index contributed by atoms with van der Waals surface area (Å²) in [6.07, 6.45) is 3.15. The van der Waals surface area contributed by atoms with Crippen molar-refractivity contribution in [2.24, 2.45) is 0 Å². The molecule has 2 aromatic carbocycles. The maximum absolute atomic E-state index is 13.6. The van der Waals surface area contributed by atoms with Crippen LogP contribution in [-0.4, -0.2) is 50.5 Å². The Balaban J connectivity index is 2.41. The number of anilines is 1. The molecule has 192 valence electrons. The molecule has 0 bridgehead atoms. The molecule has 1 N–H and O–H groups in total. The minimum Gasteiger partial charge on any atom is -0.354 e. The smallest absolute Gasteiger partial charge is 0.244 e. The molecule has 2 rings (SSSR count). The summed E-state index contributed by atoms with van der Waals surface area (Å²) < 4.78 is 26.3. The number of carbonyl (C=O) groups is 2. The first kappa shape index (κ1) is 28.9. The number of carbonyl (C=O) groups excluding carboxylic acids is 2. The molecule has 2 aromatic rings. The molecule has 0 heterocycles. The van der Waals surface area contributed by atoms with Gasteiger partial charge in [0.1, 0.15) is 12.6 Å². The van der Waals surface area contributed by atoms with E-state index in [0.717, 1.165) is 34.5 Å². The molecule has 1 atom stereocenters. The van der Waals surface area contributed by atoms with Crippen LogP contribution in [0.2, 0.25) is 10.0 Å². The minimum atomic E-state index is -3.82. The predicted molar refractivity (Wildman–Crippen MR) is 142 cm³/mol. The third-order valence-corrected chi connectivity index (χ3v) is 7.40. The van der Waals surface area contributed by atoms with Crippen LogP contribution in [0.3, 0.4) is 0 Å². The van der Waals surface area contributed by atoms with E-state index >= 15 is 0 Å². The number of benzene rings is 2. The summed E-state index contributed by atoms with van der Waals surface area (Å²) in [7, 11) is -3.82. The molecule has 0 saturated heterocycles. The Morgan fingerprint density at radius 1 is 1.06 bits per heavy atom. The van der Waals surface area contributed by atoms with Crippen LogP contribution in [0.4, 0.5) is 5.69 Å². The van der Waals surface area contributed by atoms with Gasteiger partial charge in [-0.25, -0.2) is 8.42 Å². The average molecular weight is 543 g/mol. The van der Waals surface area contributed by atoms with Gasteiger partial charge in [-0.3, -0.25) is 13.9 Å². The van der Waals surface area contributed by atoms with Crippen molar-refractivity contribution >= 4 is 50.7 Å². The van der Waals surface area contributed by atoms with Crippen molar-refractivity contribution < 1.29 is 18.0 Å². The lowest BCUT2D eigenvalue weighted by molar-refractivity contribution is -0.140. The number of aryl methyl sites for hydroxylation is 1. The fourth-order valence-electron chi connectivity index (χ4n) is 3.56. The Kier molecular flexibility index (Phi) is 10.9. The molecular weight excluding hydrogens is 509 g/mol. The number of hydrogen-bond acceptors (Lipinski definition) is 4. The van der Waals surface area contributed by atoms with E-state index in [9.17, 15) is 18.0 Å². The highest BCUT2D eigenvalue weighted by atomic mass is 35.5. The summed E-state index contributed by atoms with van der Waals surface area (Å²) >= 11 is 12.2. The molecule has 0 aliphatic carbocycles. The first-order chi connectivity index (χ1) is 16.5. The van der Waals surface area contributed by atoms with Crippen molar-refractivity contribution in [2.75, 3.05) is 23.7 Å². The van der Waals surface area contributed by atoms with Crippen molar-refractivity contribution in [2.45, 2.75) is 52.6 Å². The van der Waals surface area contributed by atoms with E-state index < -0.39 is 28.5 Å². The number of halogens is 2. The highest BCUT2D eigenvalue weighted by Gasteiger charge is 2.31. The number of unbranched alkanes of at least 4 members (excludes halogenated alkanes) is 1. The van der Waals surface area contributed by atoms with Crippen LogP contribution in [0.25, 0.3) is 0 Å². The highest BCUT2D eigenvalue weighted by molar-refractivity contribution is 7.92. The summed E-state index contributed by atoms with van der Waals surface area (Å²) in [4.78, 5) is 28.0. The third-order valence-electron chi connectivity index (χ3n) is 5.60. The second-order valence-corrected chi connectivity index (χ2v) is 11.2. The van der Waals surface area contributed by atoms with Gasteiger partial charge in [-0.05, 0) is 55.2 Å². The van der Waals surface area contributed by atoms with Crippen molar-refractivity contribution in [3.8, 4) is 0 Å². The molecule has 0 radical (unpaired) electrons. The lowest BCUT2D eigenvalue weighted by Gasteiger charge is -2.33. The minimum absolute atomic E-state index is 0.127. The third kappa shape index (κ3) is 8.40. The Morgan fingerprint density at radius 2 is 1.71 bits per heavy atom. The zero-order valence-electron chi connectivity index (χ0n) is 20.6. The number of nitrogens with zero attached hydrogens (tertiary/aromatic N) is 2. The van der Waals surface area contributed by atoms with E-state index in [1.807, 2.05) is 13.8 Å². The Bertz CT molecular complexity index is 1120. The number of nitrogens with one attached hydrogen (secondary N) is 1. The van der Waals surface area contributed by atoms with Gasteiger partial charge in [-0.2, -0.15) is 0 Å². The second-order valence-electron chi connectivity index (χ2n) is 8.42. The second kappa shape index (κ2) is 13.1. The van der Waals surface area contributed by atoms with Gasteiger partial charge in [0, 0.05) is 23.1 Å². The average Bonchev–Trinajstić information content (AvgIpc) is 2.80.